The van der Waals surface area contributed by atoms with Gasteiger partial charge in [0.05, 0.1) is 12.8 Å². The minimum absolute atomic E-state index is 0.0190. The fraction of sp³-hybridized carbons (Fsp3) is 0.300. The highest BCUT2D eigenvalue weighted by Crippen LogP contribution is 2.28. The van der Waals surface area contributed by atoms with Gasteiger partial charge in [-0.1, -0.05) is 32.0 Å². The van der Waals surface area contributed by atoms with Crippen LogP contribution in [0.3, 0.4) is 0 Å². The van der Waals surface area contributed by atoms with Gasteiger partial charge in [-0.15, -0.1) is 0 Å². The van der Waals surface area contributed by atoms with E-state index < -0.39 is 0 Å². The van der Waals surface area contributed by atoms with Gasteiger partial charge in [-0.05, 0) is 42.3 Å². The van der Waals surface area contributed by atoms with Crippen LogP contribution < -0.4 is 10.3 Å². The second-order valence-corrected chi connectivity index (χ2v) is 6.38. The Kier molecular flexibility index (Phi) is 4.14. The number of aromatic nitrogens is 2. The molecule has 2 heterocycles. The summed E-state index contributed by atoms with van der Waals surface area (Å²) < 4.78 is 7.08. The predicted octanol–water partition coefficient (Wildman–Crippen LogP) is 4.13. The maximum Gasteiger partial charge on any atom is 0.262 e. The number of nitrogens with zero attached hydrogens (tertiary/aromatic N) is 2. The molecule has 0 radical (unpaired) electrons. The number of pyridine rings is 2. The van der Waals surface area contributed by atoms with E-state index >= 15 is 0 Å². The SMILES string of the molecule is COc1ncc(C)c(-n2cc(C(C)C)c3ccccc3c2=O)c1C. The first-order valence-corrected chi connectivity index (χ1v) is 8.10. The first-order valence-electron chi connectivity index (χ1n) is 8.10. The van der Waals surface area contributed by atoms with Crippen molar-refractivity contribution in [2.75, 3.05) is 7.11 Å². The van der Waals surface area contributed by atoms with Gasteiger partial charge in [-0.3, -0.25) is 9.36 Å². The molecular formula is C20H22N2O2. The molecule has 0 aliphatic heterocycles. The van der Waals surface area contributed by atoms with Gasteiger partial charge in [0.1, 0.15) is 0 Å². The zero-order valence-corrected chi connectivity index (χ0v) is 14.8. The van der Waals surface area contributed by atoms with Gasteiger partial charge in [0.2, 0.25) is 5.88 Å². The summed E-state index contributed by atoms with van der Waals surface area (Å²) in [5, 5.41) is 1.75. The molecule has 4 nitrogen and oxygen atoms in total. The minimum atomic E-state index is -0.0190. The molecule has 0 spiro atoms. The molecule has 0 saturated heterocycles. The lowest BCUT2D eigenvalue weighted by molar-refractivity contribution is 0.394. The van der Waals surface area contributed by atoms with E-state index in [0.29, 0.717) is 11.8 Å². The van der Waals surface area contributed by atoms with Crippen molar-refractivity contribution in [3.8, 4) is 11.6 Å². The van der Waals surface area contributed by atoms with E-state index in [4.69, 9.17) is 4.74 Å². The van der Waals surface area contributed by atoms with Crippen LogP contribution in [0.25, 0.3) is 16.5 Å². The van der Waals surface area contributed by atoms with Gasteiger partial charge in [-0.2, -0.15) is 0 Å². The summed E-state index contributed by atoms with van der Waals surface area (Å²) in [6.45, 7) is 8.18. The van der Waals surface area contributed by atoms with Crippen LogP contribution in [0.2, 0.25) is 0 Å². The molecule has 1 aromatic carbocycles. The Morgan fingerprint density at radius 1 is 1.12 bits per heavy atom. The maximum absolute atomic E-state index is 13.1. The Labute approximate surface area is 141 Å². The lowest BCUT2D eigenvalue weighted by Crippen LogP contribution is -2.21. The molecule has 2 aromatic heterocycles. The number of methoxy groups -OCH3 is 1. The summed E-state index contributed by atoms with van der Waals surface area (Å²) >= 11 is 0. The van der Waals surface area contributed by atoms with Crippen molar-refractivity contribution in [3.63, 3.8) is 0 Å². The normalized spacial score (nSPS) is 11.2. The van der Waals surface area contributed by atoms with Gasteiger partial charge in [-0.25, -0.2) is 4.98 Å². The zero-order chi connectivity index (χ0) is 17.4. The molecule has 0 bridgehead atoms. The van der Waals surface area contributed by atoms with E-state index in [1.807, 2.05) is 44.3 Å². The standard InChI is InChI=1S/C20H22N2O2/c1-12(2)17-11-22(20(23)16-9-7-6-8-15(16)17)18-13(3)10-21-19(24-5)14(18)4/h6-12H,1-5H3. The molecule has 0 N–H and O–H groups in total. The molecule has 0 saturated carbocycles. The van der Waals surface area contributed by atoms with E-state index in [0.717, 1.165) is 33.2 Å². The van der Waals surface area contributed by atoms with Crippen LogP contribution in [0.5, 0.6) is 5.88 Å². The molecule has 4 heteroatoms. The molecule has 0 fully saturated rings. The topological polar surface area (TPSA) is 44.1 Å². The second-order valence-electron chi connectivity index (χ2n) is 6.38. The van der Waals surface area contributed by atoms with Gasteiger partial charge >= 0.3 is 0 Å². The first-order chi connectivity index (χ1) is 11.5. The van der Waals surface area contributed by atoms with Gasteiger partial charge in [0.25, 0.3) is 5.56 Å². The van der Waals surface area contributed by atoms with Crippen LogP contribution in [0.1, 0.15) is 36.5 Å². The van der Waals surface area contributed by atoms with Crippen LogP contribution in [-0.4, -0.2) is 16.7 Å². The number of rotatable bonds is 3. The number of benzene rings is 1. The Morgan fingerprint density at radius 3 is 2.42 bits per heavy atom. The molecule has 0 unspecified atom stereocenters. The smallest absolute Gasteiger partial charge is 0.262 e. The molecular weight excluding hydrogens is 300 g/mol. The number of fused-ring (bicyclic) bond motifs is 1. The third-order valence-electron chi connectivity index (χ3n) is 4.44. The summed E-state index contributed by atoms with van der Waals surface area (Å²) in [5.41, 5.74) is 3.79. The van der Waals surface area contributed by atoms with E-state index in [9.17, 15) is 4.79 Å². The Bertz CT molecular complexity index is 971. The lowest BCUT2D eigenvalue weighted by Gasteiger charge is -2.18. The fourth-order valence-electron chi connectivity index (χ4n) is 3.23. The van der Waals surface area contributed by atoms with Gasteiger partial charge in [0, 0.05) is 23.3 Å². The van der Waals surface area contributed by atoms with E-state index in [-0.39, 0.29) is 5.56 Å². The van der Waals surface area contributed by atoms with Crippen molar-refractivity contribution in [3.05, 3.63) is 63.7 Å². The van der Waals surface area contributed by atoms with Crippen molar-refractivity contribution in [1.29, 1.82) is 0 Å². The van der Waals surface area contributed by atoms with Gasteiger partial charge in [0.15, 0.2) is 0 Å². The Balaban J connectivity index is 2.45. The second kappa shape index (κ2) is 6.11. The van der Waals surface area contributed by atoms with Crippen LogP contribution in [0, 0.1) is 13.8 Å². The summed E-state index contributed by atoms with van der Waals surface area (Å²) in [5.74, 6) is 0.854. The number of ether oxygens (including phenoxy) is 1. The highest BCUT2D eigenvalue weighted by molar-refractivity contribution is 5.85. The summed E-state index contributed by atoms with van der Waals surface area (Å²) in [7, 11) is 1.59. The third-order valence-corrected chi connectivity index (χ3v) is 4.44. The van der Waals surface area contributed by atoms with Crippen LogP contribution in [0.4, 0.5) is 0 Å². The van der Waals surface area contributed by atoms with Crippen molar-refractivity contribution in [2.24, 2.45) is 0 Å². The van der Waals surface area contributed by atoms with Crippen molar-refractivity contribution < 1.29 is 4.74 Å². The fourth-order valence-corrected chi connectivity index (χ4v) is 3.23. The predicted molar refractivity (Wildman–Crippen MR) is 97.5 cm³/mol. The van der Waals surface area contributed by atoms with Crippen LogP contribution >= 0.6 is 0 Å². The summed E-state index contributed by atoms with van der Waals surface area (Å²) in [6.07, 6.45) is 3.71. The summed E-state index contributed by atoms with van der Waals surface area (Å²) in [6, 6.07) is 7.79. The van der Waals surface area contributed by atoms with Crippen LogP contribution in [-0.2, 0) is 0 Å². The maximum atomic E-state index is 13.1. The molecule has 3 rings (SSSR count). The molecule has 0 amide bonds. The average Bonchev–Trinajstić information content (AvgIpc) is 2.57. The van der Waals surface area contributed by atoms with Crippen molar-refractivity contribution in [2.45, 2.75) is 33.6 Å². The molecule has 0 atom stereocenters. The molecule has 0 aliphatic rings. The van der Waals surface area contributed by atoms with Crippen LogP contribution in [0.15, 0.2) is 41.5 Å². The number of aryl methyl sites for hydroxylation is 1. The van der Waals surface area contributed by atoms with E-state index in [1.165, 1.54) is 0 Å². The van der Waals surface area contributed by atoms with E-state index in [2.05, 4.69) is 18.8 Å². The van der Waals surface area contributed by atoms with Crippen molar-refractivity contribution >= 4 is 10.8 Å². The highest BCUT2D eigenvalue weighted by atomic mass is 16.5. The number of hydrogen-bond donors (Lipinski definition) is 0. The third kappa shape index (κ3) is 2.48. The minimum Gasteiger partial charge on any atom is -0.481 e. The monoisotopic (exact) mass is 322 g/mol. The summed E-state index contributed by atoms with van der Waals surface area (Å²) in [4.78, 5) is 17.4. The zero-order valence-electron chi connectivity index (χ0n) is 14.8. The van der Waals surface area contributed by atoms with E-state index in [1.54, 1.807) is 17.9 Å². The molecule has 0 aliphatic carbocycles. The molecule has 24 heavy (non-hydrogen) atoms. The van der Waals surface area contributed by atoms with Crippen molar-refractivity contribution in [1.82, 2.24) is 9.55 Å². The Hall–Kier alpha value is -2.62. The highest BCUT2D eigenvalue weighted by Gasteiger charge is 2.17. The van der Waals surface area contributed by atoms with Gasteiger partial charge < -0.3 is 4.74 Å². The lowest BCUT2D eigenvalue weighted by atomic mass is 9.98. The first kappa shape index (κ1) is 16.2. The Morgan fingerprint density at radius 2 is 1.79 bits per heavy atom. The quantitative estimate of drug-likeness (QED) is 0.728. The average molecular weight is 322 g/mol. The molecule has 3 aromatic rings. The largest absolute Gasteiger partial charge is 0.481 e. The number of hydrogen-bond acceptors (Lipinski definition) is 3. The molecule has 124 valence electrons.